The molecule has 0 amide bonds. The predicted molar refractivity (Wildman–Crippen MR) is 62.2 cm³/mol. The summed E-state index contributed by atoms with van der Waals surface area (Å²) in [6.45, 7) is 3.67. The van der Waals surface area contributed by atoms with Gasteiger partial charge in [-0.2, -0.15) is 0 Å². The molecule has 0 radical (unpaired) electrons. The third kappa shape index (κ3) is 3.28. The van der Waals surface area contributed by atoms with Crippen LogP contribution in [0.25, 0.3) is 0 Å². The van der Waals surface area contributed by atoms with E-state index in [1.165, 1.54) is 11.8 Å². The van der Waals surface area contributed by atoms with Gasteiger partial charge < -0.3 is 15.6 Å². The van der Waals surface area contributed by atoms with Gasteiger partial charge in [-0.25, -0.2) is 4.98 Å². The molecule has 1 rings (SSSR count). The van der Waals surface area contributed by atoms with E-state index in [1.54, 1.807) is 26.2 Å². The van der Waals surface area contributed by atoms with Gasteiger partial charge >= 0.3 is 0 Å². The first-order valence-electron chi connectivity index (χ1n) is 4.70. The second-order valence-electron chi connectivity index (χ2n) is 3.31. The Morgan fingerprint density at radius 2 is 2.13 bits per heavy atom. The molecule has 0 aliphatic rings. The smallest absolute Gasteiger partial charge is 0.214 e. The minimum Gasteiger partial charge on any atom is -0.481 e. The van der Waals surface area contributed by atoms with E-state index in [0.29, 0.717) is 16.6 Å². The van der Waals surface area contributed by atoms with E-state index in [-0.39, 0.29) is 5.25 Å². The molecule has 0 aliphatic heterocycles. The van der Waals surface area contributed by atoms with Crippen LogP contribution in [-0.4, -0.2) is 28.6 Å². The number of nitrogen functional groups attached to an aromatic ring is 1. The Balaban J connectivity index is 2.83. The number of hydrogen-bond acceptors (Lipinski definition) is 5. The Hall–Kier alpha value is -0.940. The zero-order valence-corrected chi connectivity index (χ0v) is 9.91. The van der Waals surface area contributed by atoms with Crippen LogP contribution >= 0.6 is 11.8 Å². The van der Waals surface area contributed by atoms with Gasteiger partial charge in [0, 0.05) is 11.3 Å². The Kier molecular flexibility index (Phi) is 4.23. The molecule has 4 nitrogen and oxygen atoms in total. The zero-order chi connectivity index (χ0) is 11.4. The number of pyridine rings is 1. The number of aromatic nitrogens is 1. The van der Waals surface area contributed by atoms with Crippen LogP contribution in [0, 0.1) is 0 Å². The van der Waals surface area contributed by atoms with Crippen LogP contribution in [0.15, 0.2) is 17.2 Å². The fourth-order valence-electron chi connectivity index (χ4n) is 0.917. The van der Waals surface area contributed by atoms with Crippen molar-refractivity contribution in [2.45, 2.75) is 30.2 Å². The summed E-state index contributed by atoms with van der Waals surface area (Å²) in [7, 11) is 1.56. The average Bonchev–Trinajstić information content (AvgIpc) is 2.21. The van der Waals surface area contributed by atoms with Crippen LogP contribution in [-0.2, 0) is 0 Å². The number of hydrogen-bond donors (Lipinski definition) is 2. The summed E-state index contributed by atoms with van der Waals surface area (Å²) in [6.07, 6.45) is -0.401. The number of aliphatic hydroxyl groups is 1. The van der Waals surface area contributed by atoms with E-state index in [1.807, 2.05) is 6.92 Å². The molecule has 3 N–H and O–H groups in total. The molecule has 1 aromatic rings. The van der Waals surface area contributed by atoms with Crippen LogP contribution in [0.5, 0.6) is 5.88 Å². The molecule has 0 spiro atoms. The SMILES string of the molecule is COc1ccc(N)c(SC(C)C(C)O)n1. The van der Waals surface area contributed by atoms with Crippen LogP contribution < -0.4 is 10.5 Å². The van der Waals surface area contributed by atoms with E-state index in [4.69, 9.17) is 10.5 Å². The van der Waals surface area contributed by atoms with Gasteiger partial charge in [-0.15, -0.1) is 0 Å². The number of nitrogens with zero attached hydrogens (tertiary/aromatic N) is 1. The molecular weight excluding hydrogens is 212 g/mol. The van der Waals surface area contributed by atoms with Crippen molar-refractivity contribution in [1.82, 2.24) is 4.98 Å². The minimum atomic E-state index is -0.401. The van der Waals surface area contributed by atoms with E-state index < -0.39 is 6.10 Å². The van der Waals surface area contributed by atoms with Crippen molar-refractivity contribution in [3.63, 3.8) is 0 Å². The van der Waals surface area contributed by atoms with Crippen molar-refractivity contribution in [2.24, 2.45) is 0 Å². The first-order valence-corrected chi connectivity index (χ1v) is 5.57. The van der Waals surface area contributed by atoms with Crippen molar-refractivity contribution in [3.05, 3.63) is 12.1 Å². The molecule has 0 aromatic carbocycles. The summed E-state index contributed by atoms with van der Waals surface area (Å²) in [5.74, 6) is 0.532. The molecule has 2 atom stereocenters. The van der Waals surface area contributed by atoms with Crippen molar-refractivity contribution in [2.75, 3.05) is 12.8 Å². The van der Waals surface area contributed by atoms with E-state index in [0.717, 1.165) is 0 Å². The molecule has 0 aliphatic carbocycles. The molecule has 0 saturated heterocycles. The highest BCUT2D eigenvalue weighted by Crippen LogP contribution is 2.29. The van der Waals surface area contributed by atoms with E-state index in [2.05, 4.69) is 4.98 Å². The van der Waals surface area contributed by atoms with E-state index >= 15 is 0 Å². The molecule has 15 heavy (non-hydrogen) atoms. The van der Waals surface area contributed by atoms with Crippen molar-refractivity contribution < 1.29 is 9.84 Å². The lowest BCUT2D eigenvalue weighted by molar-refractivity contribution is 0.196. The maximum absolute atomic E-state index is 9.38. The molecule has 0 fully saturated rings. The molecule has 2 unspecified atom stereocenters. The lowest BCUT2D eigenvalue weighted by Crippen LogP contribution is -2.15. The average molecular weight is 228 g/mol. The number of rotatable bonds is 4. The number of nitrogens with two attached hydrogens (primary N) is 1. The van der Waals surface area contributed by atoms with Crippen LogP contribution in [0.2, 0.25) is 0 Å². The molecule has 0 bridgehead atoms. The van der Waals surface area contributed by atoms with Gasteiger partial charge in [0.05, 0.1) is 18.9 Å². The highest BCUT2D eigenvalue weighted by Gasteiger charge is 2.13. The summed E-state index contributed by atoms with van der Waals surface area (Å²) in [6, 6.07) is 3.47. The topological polar surface area (TPSA) is 68.4 Å². The van der Waals surface area contributed by atoms with Crippen molar-refractivity contribution in [1.29, 1.82) is 0 Å². The quantitative estimate of drug-likeness (QED) is 0.765. The summed E-state index contributed by atoms with van der Waals surface area (Å²) < 4.78 is 5.01. The van der Waals surface area contributed by atoms with Crippen LogP contribution in [0.3, 0.4) is 0 Å². The lowest BCUT2D eigenvalue weighted by atomic mass is 10.3. The third-order valence-corrected chi connectivity index (χ3v) is 3.37. The summed E-state index contributed by atoms with van der Waals surface area (Å²) in [5, 5.41) is 10.1. The Morgan fingerprint density at radius 1 is 1.47 bits per heavy atom. The Morgan fingerprint density at radius 3 is 2.67 bits per heavy atom. The standard InChI is InChI=1S/C10H16N2O2S/c1-6(13)7(2)15-10-8(11)4-5-9(12-10)14-3/h4-7,13H,11H2,1-3H3. The summed E-state index contributed by atoms with van der Waals surface area (Å²) in [5.41, 5.74) is 6.38. The highest BCUT2D eigenvalue weighted by molar-refractivity contribution is 8.00. The largest absolute Gasteiger partial charge is 0.481 e. The maximum atomic E-state index is 9.38. The van der Waals surface area contributed by atoms with Gasteiger partial charge in [-0.3, -0.25) is 0 Å². The van der Waals surface area contributed by atoms with Gasteiger partial charge in [0.2, 0.25) is 5.88 Å². The summed E-state index contributed by atoms with van der Waals surface area (Å²) in [4.78, 5) is 4.22. The number of anilines is 1. The fraction of sp³-hybridized carbons (Fsp3) is 0.500. The predicted octanol–water partition coefficient (Wildman–Crippen LogP) is 1.53. The van der Waals surface area contributed by atoms with Gasteiger partial charge in [0.25, 0.3) is 0 Å². The van der Waals surface area contributed by atoms with Gasteiger partial charge in [-0.1, -0.05) is 18.7 Å². The van der Waals surface area contributed by atoms with Crippen molar-refractivity contribution >= 4 is 17.4 Å². The number of thioether (sulfide) groups is 1. The normalized spacial score (nSPS) is 14.7. The molecule has 0 saturated carbocycles. The molecule has 1 heterocycles. The lowest BCUT2D eigenvalue weighted by Gasteiger charge is -2.14. The van der Waals surface area contributed by atoms with Crippen LogP contribution in [0.1, 0.15) is 13.8 Å². The number of aliphatic hydroxyl groups excluding tert-OH is 1. The zero-order valence-electron chi connectivity index (χ0n) is 9.10. The Bertz CT molecular complexity index is 331. The van der Waals surface area contributed by atoms with Gasteiger partial charge in [0.15, 0.2) is 0 Å². The minimum absolute atomic E-state index is 0.0481. The molecule has 1 aromatic heterocycles. The second-order valence-corrected chi connectivity index (χ2v) is 4.68. The highest BCUT2D eigenvalue weighted by atomic mass is 32.2. The second kappa shape index (κ2) is 5.23. The summed E-state index contributed by atoms with van der Waals surface area (Å²) >= 11 is 1.44. The Labute approximate surface area is 93.8 Å². The maximum Gasteiger partial charge on any atom is 0.214 e. The fourth-order valence-corrected chi connectivity index (χ4v) is 1.81. The van der Waals surface area contributed by atoms with E-state index in [9.17, 15) is 5.11 Å². The molecule has 5 heteroatoms. The van der Waals surface area contributed by atoms with Crippen molar-refractivity contribution in [3.8, 4) is 5.88 Å². The third-order valence-electron chi connectivity index (χ3n) is 2.05. The molecule has 84 valence electrons. The number of methoxy groups -OCH3 is 1. The first kappa shape index (κ1) is 12.1. The monoisotopic (exact) mass is 228 g/mol. The number of ether oxygens (including phenoxy) is 1. The molecular formula is C10H16N2O2S. The van der Waals surface area contributed by atoms with Crippen LogP contribution in [0.4, 0.5) is 5.69 Å². The van der Waals surface area contributed by atoms with Gasteiger partial charge in [-0.05, 0) is 13.0 Å². The van der Waals surface area contributed by atoms with Gasteiger partial charge in [0.1, 0.15) is 5.03 Å². The first-order chi connectivity index (χ1) is 7.04.